The van der Waals surface area contributed by atoms with Gasteiger partial charge in [-0.25, -0.2) is 9.50 Å². The fourth-order valence-electron chi connectivity index (χ4n) is 2.50. The highest BCUT2D eigenvalue weighted by atomic mass is 32.1. The fourth-order valence-corrected chi connectivity index (χ4v) is 3.32. The van der Waals surface area contributed by atoms with Crippen LogP contribution in [0.1, 0.15) is 44.6 Å². The van der Waals surface area contributed by atoms with Gasteiger partial charge in [-0.2, -0.15) is 19.7 Å². The third-order valence-electron chi connectivity index (χ3n) is 3.62. The first-order valence-electron chi connectivity index (χ1n) is 7.59. The molecule has 23 heavy (non-hydrogen) atoms. The summed E-state index contributed by atoms with van der Waals surface area (Å²) in [6.45, 7) is 6.36. The maximum atomic E-state index is 4.64. The molecule has 0 aromatic carbocycles. The number of rotatable bonds is 4. The third kappa shape index (κ3) is 2.27. The monoisotopic (exact) mass is 328 g/mol. The van der Waals surface area contributed by atoms with E-state index in [1.54, 1.807) is 4.52 Å². The summed E-state index contributed by atoms with van der Waals surface area (Å²) in [5.41, 5.74) is 1.86. The highest BCUT2D eigenvalue weighted by Gasteiger charge is 2.17. The van der Waals surface area contributed by atoms with Gasteiger partial charge in [0.1, 0.15) is 12.0 Å². The summed E-state index contributed by atoms with van der Waals surface area (Å²) in [5.74, 6) is 1.78. The second-order valence-electron chi connectivity index (χ2n) is 5.66. The Morgan fingerprint density at radius 2 is 2.09 bits per heavy atom. The van der Waals surface area contributed by atoms with E-state index in [0.717, 1.165) is 40.0 Å². The predicted molar refractivity (Wildman–Crippen MR) is 86.5 cm³/mol. The van der Waals surface area contributed by atoms with Crippen LogP contribution >= 0.6 is 11.3 Å². The number of hydrogen-bond donors (Lipinski definition) is 0. The first-order chi connectivity index (χ1) is 11.2. The molecule has 4 rings (SSSR count). The molecule has 118 valence electrons. The van der Waals surface area contributed by atoms with Crippen LogP contribution in [0, 0.1) is 0 Å². The van der Waals surface area contributed by atoms with Crippen LogP contribution in [0.25, 0.3) is 21.4 Å². The Bertz CT molecular complexity index is 979. The maximum Gasteiger partial charge on any atom is 0.253 e. The van der Waals surface area contributed by atoms with Crippen molar-refractivity contribution < 1.29 is 0 Å². The van der Waals surface area contributed by atoms with E-state index in [-0.39, 0.29) is 0 Å². The lowest BCUT2D eigenvalue weighted by Gasteiger charge is -2.08. The van der Waals surface area contributed by atoms with E-state index in [1.165, 1.54) is 17.7 Å². The van der Waals surface area contributed by atoms with Gasteiger partial charge < -0.3 is 0 Å². The molecule has 8 nitrogen and oxygen atoms in total. The molecule has 0 aliphatic carbocycles. The highest BCUT2D eigenvalue weighted by Crippen LogP contribution is 2.27. The van der Waals surface area contributed by atoms with Crippen LogP contribution in [-0.2, 0) is 6.42 Å². The topological polar surface area (TPSA) is 86.2 Å². The maximum absolute atomic E-state index is 4.64. The van der Waals surface area contributed by atoms with Crippen LogP contribution in [0.3, 0.4) is 0 Å². The van der Waals surface area contributed by atoms with Crippen LogP contribution in [0.2, 0.25) is 0 Å². The SMILES string of the molecule is CCCc1nnc2sc(-c3cc(C(C)C)n4ncnc4n3)nn12. The van der Waals surface area contributed by atoms with Crippen molar-refractivity contribution in [3.8, 4) is 10.7 Å². The summed E-state index contributed by atoms with van der Waals surface area (Å²) in [5, 5.41) is 18.1. The van der Waals surface area contributed by atoms with Gasteiger partial charge in [0.2, 0.25) is 4.96 Å². The summed E-state index contributed by atoms with van der Waals surface area (Å²) in [7, 11) is 0. The summed E-state index contributed by atoms with van der Waals surface area (Å²) < 4.78 is 3.59. The van der Waals surface area contributed by atoms with E-state index in [1.807, 2.05) is 10.6 Å². The van der Waals surface area contributed by atoms with Crippen molar-refractivity contribution in [1.82, 2.24) is 39.4 Å². The Kier molecular flexibility index (Phi) is 3.29. The van der Waals surface area contributed by atoms with Crippen LogP contribution < -0.4 is 0 Å². The van der Waals surface area contributed by atoms with E-state index < -0.39 is 0 Å². The van der Waals surface area contributed by atoms with Crippen molar-refractivity contribution in [2.24, 2.45) is 0 Å². The smallest absolute Gasteiger partial charge is 0.208 e. The van der Waals surface area contributed by atoms with Gasteiger partial charge in [-0.15, -0.1) is 10.2 Å². The molecule has 0 saturated heterocycles. The zero-order chi connectivity index (χ0) is 16.0. The molecule has 4 heterocycles. The average molecular weight is 328 g/mol. The summed E-state index contributed by atoms with van der Waals surface area (Å²) >= 11 is 1.49. The van der Waals surface area contributed by atoms with Gasteiger partial charge in [-0.1, -0.05) is 32.1 Å². The Morgan fingerprint density at radius 1 is 1.22 bits per heavy atom. The summed E-state index contributed by atoms with van der Waals surface area (Å²) in [6, 6.07) is 2.03. The van der Waals surface area contributed by atoms with Crippen molar-refractivity contribution in [2.75, 3.05) is 0 Å². The van der Waals surface area contributed by atoms with Crippen LogP contribution in [0.5, 0.6) is 0 Å². The molecule has 0 N–H and O–H groups in total. The Morgan fingerprint density at radius 3 is 2.87 bits per heavy atom. The van der Waals surface area contributed by atoms with Crippen molar-refractivity contribution in [3.63, 3.8) is 0 Å². The second kappa shape index (κ2) is 5.34. The van der Waals surface area contributed by atoms with Crippen LogP contribution in [-0.4, -0.2) is 39.4 Å². The molecule has 4 aromatic heterocycles. The summed E-state index contributed by atoms with van der Waals surface area (Å²) in [4.78, 5) is 9.58. The van der Waals surface area contributed by atoms with Crippen molar-refractivity contribution >= 4 is 22.1 Å². The highest BCUT2D eigenvalue weighted by molar-refractivity contribution is 7.19. The van der Waals surface area contributed by atoms with E-state index in [4.69, 9.17) is 0 Å². The zero-order valence-corrected chi connectivity index (χ0v) is 13.9. The lowest BCUT2D eigenvalue weighted by molar-refractivity contribution is 0.749. The van der Waals surface area contributed by atoms with Gasteiger partial charge in [0.15, 0.2) is 10.8 Å². The number of fused-ring (bicyclic) bond motifs is 2. The van der Waals surface area contributed by atoms with E-state index in [0.29, 0.717) is 11.7 Å². The Balaban J connectivity index is 1.88. The molecular formula is C14H16N8S. The van der Waals surface area contributed by atoms with Gasteiger partial charge in [0.25, 0.3) is 5.78 Å². The van der Waals surface area contributed by atoms with Gasteiger partial charge in [-0.05, 0) is 18.4 Å². The molecule has 0 amide bonds. The van der Waals surface area contributed by atoms with Gasteiger partial charge in [0, 0.05) is 6.42 Å². The third-order valence-corrected chi connectivity index (χ3v) is 4.54. The van der Waals surface area contributed by atoms with Gasteiger partial charge in [0.05, 0.1) is 5.69 Å². The molecule has 9 heteroatoms. The fraction of sp³-hybridized carbons (Fsp3) is 0.429. The molecule has 0 unspecified atom stereocenters. The normalized spacial score (nSPS) is 12.0. The van der Waals surface area contributed by atoms with Gasteiger partial charge >= 0.3 is 0 Å². The standard InChI is InChI=1S/C14H16N8S/c1-4-5-11-18-19-14-22(11)20-12(23-14)9-6-10(8(2)3)21-13(17-9)15-7-16-21/h6-8H,4-5H2,1-3H3. The lowest BCUT2D eigenvalue weighted by atomic mass is 10.1. The lowest BCUT2D eigenvalue weighted by Crippen LogP contribution is -2.04. The van der Waals surface area contributed by atoms with E-state index in [9.17, 15) is 0 Å². The Hall–Kier alpha value is -2.42. The minimum atomic E-state index is 0.308. The minimum Gasteiger partial charge on any atom is -0.208 e. The molecule has 0 bridgehead atoms. The summed E-state index contributed by atoms with van der Waals surface area (Å²) in [6.07, 6.45) is 3.39. The van der Waals surface area contributed by atoms with Crippen LogP contribution in [0.4, 0.5) is 0 Å². The first kappa shape index (κ1) is 14.2. The molecule has 0 aliphatic rings. The molecule has 0 saturated carbocycles. The molecular weight excluding hydrogens is 312 g/mol. The molecule has 0 spiro atoms. The largest absolute Gasteiger partial charge is 0.253 e. The number of aryl methyl sites for hydroxylation is 1. The Labute approximate surface area is 136 Å². The van der Waals surface area contributed by atoms with Gasteiger partial charge in [-0.3, -0.25) is 0 Å². The molecule has 0 atom stereocenters. The first-order valence-corrected chi connectivity index (χ1v) is 8.41. The van der Waals surface area contributed by atoms with Crippen molar-refractivity contribution in [3.05, 3.63) is 23.9 Å². The average Bonchev–Trinajstić information content (AvgIpc) is 3.22. The number of nitrogens with zero attached hydrogens (tertiary/aromatic N) is 8. The van der Waals surface area contributed by atoms with E-state index in [2.05, 4.69) is 51.1 Å². The zero-order valence-electron chi connectivity index (χ0n) is 13.1. The second-order valence-corrected chi connectivity index (χ2v) is 6.62. The number of aromatic nitrogens is 8. The molecule has 0 aliphatic heterocycles. The van der Waals surface area contributed by atoms with Crippen molar-refractivity contribution in [1.29, 1.82) is 0 Å². The van der Waals surface area contributed by atoms with Crippen LogP contribution in [0.15, 0.2) is 12.4 Å². The van der Waals surface area contributed by atoms with E-state index >= 15 is 0 Å². The number of hydrogen-bond acceptors (Lipinski definition) is 7. The molecule has 4 aromatic rings. The predicted octanol–water partition coefficient (Wildman–Crippen LogP) is 2.37. The van der Waals surface area contributed by atoms with Crippen molar-refractivity contribution in [2.45, 2.75) is 39.5 Å². The molecule has 0 radical (unpaired) electrons. The molecule has 0 fully saturated rings. The quantitative estimate of drug-likeness (QED) is 0.571. The minimum absolute atomic E-state index is 0.308.